The maximum absolute atomic E-state index is 14.9. The number of hydrogen-bond donors (Lipinski definition) is 0. The summed E-state index contributed by atoms with van der Waals surface area (Å²) in [6, 6.07) is 17.8. The lowest BCUT2D eigenvalue weighted by molar-refractivity contribution is 0.0733. The molecule has 0 radical (unpaired) electrons. The Morgan fingerprint density at radius 1 is 0.966 bits per heavy atom. The van der Waals surface area contributed by atoms with Gasteiger partial charge in [0.1, 0.15) is 17.4 Å². The summed E-state index contributed by atoms with van der Waals surface area (Å²) in [4.78, 5) is 14.7. The number of methoxy groups -OCH3 is 1. The first kappa shape index (κ1) is 19.1. The van der Waals surface area contributed by atoms with Crippen LogP contribution in [0.3, 0.4) is 0 Å². The van der Waals surface area contributed by atoms with Gasteiger partial charge in [-0.05, 0) is 37.1 Å². The van der Waals surface area contributed by atoms with Crippen LogP contribution in [0.4, 0.5) is 8.78 Å². The lowest BCUT2D eigenvalue weighted by Crippen LogP contribution is -2.31. The van der Waals surface area contributed by atoms with Gasteiger partial charge in [0.25, 0.3) is 5.91 Å². The minimum Gasteiger partial charge on any atom is -0.496 e. The minimum atomic E-state index is -0.498. The van der Waals surface area contributed by atoms with Gasteiger partial charge >= 0.3 is 0 Å². The fourth-order valence-electron chi connectivity index (χ4n) is 3.98. The molecule has 148 valence electrons. The third kappa shape index (κ3) is 3.60. The standard InChI is InChI=1S/C24H21F2NO2/c1-29-23-11-5-3-7-18(23)17-13-12-16(15-21(17)26)24(28)27-14-6-10-22(27)19-8-2-4-9-20(19)25/h2-5,7-9,11-13,15,22H,6,10,14H2,1H3/t22-/m1/s1. The number of nitrogens with zero attached hydrogens (tertiary/aromatic N) is 1. The monoisotopic (exact) mass is 393 g/mol. The molecule has 1 saturated heterocycles. The SMILES string of the molecule is COc1ccccc1-c1ccc(C(=O)N2CCC[C@@H]2c2ccccc2F)cc1F. The lowest BCUT2D eigenvalue weighted by atomic mass is 10.0. The molecule has 3 nitrogen and oxygen atoms in total. The highest BCUT2D eigenvalue weighted by atomic mass is 19.1. The molecule has 0 spiro atoms. The van der Waals surface area contributed by atoms with Crippen LogP contribution in [-0.2, 0) is 0 Å². The second-order valence-electron chi connectivity index (χ2n) is 7.07. The van der Waals surface area contributed by atoms with E-state index in [0.717, 1.165) is 6.42 Å². The first-order chi connectivity index (χ1) is 14.1. The third-order valence-corrected chi connectivity index (χ3v) is 5.39. The fourth-order valence-corrected chi connectivity index (χ4v) is 3.98. The van der Waals surface area contributed by atoms with Crippen molar-refractivity contribution in [1.82, 2.24) is 4.90 Å². The van der Waals surface area contributed by atoms with Gasteiger partial charge in [-0.2, -0.15) is 0 Å². The van der Waals surface area contributed by atoms with Crippen LogP contribution < -0.4 is 4.74 Å². The molecule has 0 aromatic heterocycles. The predicted octanol–water partition coefficient (Wildman–Crippen LogP) is 5.62. The van der Waals surface area contributed by atoms with Crippen molar-refractivity contribution in [2.45, 2.75) is 18.9 Å². The summed E-state index contributed by atoms with van der Waals surface area (Å²) in [6.45, 7) is 0.522. The normalized spacial score (nSPS) is 16.1. The van der Waals surface area contributed by atoms with Gasteiger partial charge in [0.15, 0.2) is 0 Å². The number of carbonyl (C=O) groups is 1. The van der Waals surface area contributed by atoms with E-state index in [-0.39, 0.29) is 23.3 Å². The smallest absolute Gasteiger partial charge is 0.254 e. The van der Waals surface area contributed by atoms with Gasteiger partial charge in [0.2, 0.25) is 0 Å². The van der Waals surface area contributed by atoms with E-state index in [9.17, 15) is 13.6 Å². The summed E-state index contributed by atoms with van der Waals surface area (Å²) in [6.07, 6.45) is 1.47. The number of carbonyl (C=O) groups excluding carboxylic acids is 1. The summed E-state index contributed by atoms with van der Waals surface area (Å²) in [5.74, 6) is -0.553. The molecule has 1 aliphatic rings. The van der Waals surface area contributed by atoms with Crippen LogP contribution in [0.1, 0.15) is 34.8 Å². The average molecular weight is 393 g/mol. The van der Waals surface area contributed by atoms with Crippen molar-refractivity contribution in [3.8, 4) is 16.9 Å². The molecule has 1 heterocycles. The highest BCUT2D eigenvalue weighted by molar-refractivity contribution is 5.95. The summed E-state index contributed by atoms with van der Waals surface area (Å²) >= 11 is 0. The summed E-state index contributed by atoms with van der Waals surface area (Å²) in [5.41, 5.74) is 1.75. The molecule has 29 heavy (non-hydrogen) atoms. The quantitative estimate of drug-likeness (QED) is 0.576. The van der Waals surface area contributed by atoms with E-state index in [2.05, 4.69) is 0 Å². The van der Waals surface area contributed by atoms with Gasteiger partial charge in [-0.3, -0.25) is 4.79 Å². The number of halogens is 2. The Labute approximate surface area is 168 Å². The van der Waals surface area contributed by atoms with Crippen molar-refractivity contribution in [3.05, 3.63) is 89.5 Å². The van der Waals surface area contributed by atoms with E-state index in [1.54, 1.807) is 53.4 Å². The Morgan fingerprint density at radius 2 is 1.72 bits per heavy atom. The number of ether oxygens (including phenoxy) is 1. The zero-order chi connectivity index (χ0) is 20.4. The molecule has 0 aliphatic carbocycles. The van der Waals surface area contributed by atoms with Gasteiger partial charge in [0, 0.05) is 28.8 Å². The van der Waals surface area contributed by atoms with E-state index < -0.39 is 5.82 Å². The second kappa shape index (κ2) is 8.03. The van der Waals surface area contributed by atoms with E-state index in [1.807, 2.05) is 6.07 Å². The predicted molar refractivity (Wildman–Crippen MR) is 108 cm³/mol. The van der Waals surface area contributed by atoms with Crippen LogP contribution >= 0.6 is 0 Å². The molecule has 0 bridgehead atoms. The average Bonchev–Trinajstić information content (AvgIpc) is 3.23. The van der Waals surface area contributed by atoms with Crippen molar-refractivity contribution >= 4 is 5.91 Å². The number of benzene rings is 3. The molecule has 0 unspecified atom stereocenters. The van der Waals surface area contributed by atoms with Gasteiger partial charge in [-0.25, -0.2) is 8.78 Å². The van der Waals surface area contributed by atoms with Crippen LogP contribution in [0.5, 0.6) is 5.75 Å². The third-order valence-electron chi connectivity index (χ3n) is 5.39. The molecule has 1 atom stereocenters. The molecule has 1 fully saturated rings. The molecular weight excluding hydrogens is 372 g/mol. The topological polar surface area (TPSA) is 29.5 Å². The van der Waals surface area contributed by atoms with Crippen LogP contribution in [0.15, 0.2) is 66.7 Å². The van der Waals surface area contributed by atoms with Crippen molar-refractivity contribution in [2.75, 3.05) is 13.7 Å². The van der Waals surface area contributed by atoms with E-state index >= 15 is 0 Å². The van der Waals surface area contributed by atoms with Crippen molar-refractivity contribution in [2.24, 2.45) is 0 Å². The van der Waals surface area contributed by atoms with Crippen LogP contribution in [0.2, 0.25) is 0 Å². The number of hydrogen-bond acceptors (Lipinski definition) is 2. The molecule has 1 aliphatic heterocycles. The molecule has 0 N–H and O–H groups in total. The van der Waals surface area contributed by atoms with Gasteiger partial charge in [-0.1, -0.05) is 42.5 Å². The maximum Gasteiger partial charge on any atom is 0.254 e. The number of rotatable bonds is 4. The second-order valence-corrected chi connectivity index (χ2v) is 7.07. The molecule has 0 saturated carbocycles. The van der Waals surface area contributed by atoms with Crippen molar-refractivity contribution in [3.63, 3.8) is 0 Å². The number of likely N-dealkylation sites (tertiary alicyclic amines) is 1. The zero-order valence-electron chi connectivity index (χ0n) is 16.1. The molecule has 4 rings (SSSR count). The Bertz CT molecular complexity index is 1050. The minimum absolute atomic E-state index is 0.254. The van der Waals surface area contributed by atoms with Crippen LogP contribution in [0, 0.1) is 11.6 Å². The first-order valence-electron chi connectivity index (χ1n) is 9.58. The fraction of sp³-hybridized carbons (Fsp3) is 0.208. The van der Waals surface area contributed by atoms with Crippen molar-refractivity contribution in [1.29, 1.82) is 0 Å². The zero-order valence-corrected chi connectivity index (χ0v) is 16.1. The van der Waals surface area contributed by atoms with Crippen LogP contribution in [-0.4, -0.2) is 24.5 Å². The molecule has 3 aromatic rings. The number of para-hydroxylation sites is 1. The van der Waals surface area contributed by atoms with E-state index in [1.165, 1.54) is 19.2 Å². The van der Waals surface area contributed by atoms with Gasteiger partial charge in [-0.15, -0.1) is 0 Å². The Hall–Kier alpha value is -3.21. The number of amides is 1. The lowest BCUT2D eigenvalue weighted by Gasteiger charge is -2.25. The Balaban J connectivity index is 1.64. The summed E-state index contributed by atoms with van der Waals surface area (Å²) in [5, 5.41) is 0. The molecule has 5 heteroatoms. The van der Waals surface area contributed by atoms with Gasteiger partial charge < -0.3 is 9.64 Å². The molecule has 3 aromatic carbocycles. The highest BCUT2D eigenvalue weighted by Gasteiger charge is 2.32. The van der Waals surface area contributed by atoms with Crippen molar-refractivity contribution < 1.29 is 18.3 Å². The van der Waals surface area contributed by atoms with Crippen LogP contribution in [0.25, 0.3) is 11.1 Å². The Kier molecular flexibility index (Phi) is 5.30. The maximum atomic E-state index is 14.9. The van der Waals surface area contributed by atoms with E-state index in [4.69, 9.17) is 4.74 Å². The largest absolute Gasteiger partial charge is 0.496 e. The molecule has 1 amide bonds. The van der Waals surface area contributed by atoms with Gasteiger partial charge in [0.05, 0.1) is 13.2 Å². The first-order valence-corrected chi connectivity index (χ1v) is 9.58. The summed E-state index contributed by atoms with van der Waals surface area (Å²) in [7, 11) is 1.53. The Morgan fingerprint density at radius 3 is 2.48 bits per heavy atom. The van der Waals surface area contributed by atoms with E-state index in [0.29, 0.717) is 35.4 Å². The molecular formula is C24H21F2NO2. The summed E-state index contributed by atoms with van der Waals surface area (Å²) < 4.78 is 34.5. The highest BCUT2D eigenvalue weighted by Crippen LogP contribution is 2.36.